The van der Waals surface area contributed by atoms with Crippen molar-refractivity contribution < 1.29 is 9.53 Å². The zero-order valence-electron chi connectivity index (χ0n) is 11.1. The first-order chi connectivity index (χ1) is 9.06. The van der Waals surface area contributed by atoms with Gasteiger partial charge in [-0.05, 0) is 18.4 Å². The second-order valence-electron chi connectivity index (χ2n) is 3.96. The second kappa shape index (κ2) is 8.01. The zero-order chi connectivity index (χ0) is 14.3. The van der Waals surface area contributed by atoms with Crippen LogP contribution in [0.1, 0.15) is 5.56 Å². The molecule has 0 aliphatic carbocycles. The lowest BCUT2D eigenvalue weighted by molar-refractivity contribution is -0.131. The molecule has 0 heterocycles. The third-order valence-corrected chi connectivity index (χ3v) is 3.37. The Kier molecular flexibility index (Phi) is 6.66. The molecule has 0 bridgehead atoms. The predicted molar refractivity (Wildman–Crippen MR) is 83.8 cm³/mol. The van der Waals surface area contributed by atoms with Crippen LogP contribution >= 0.6 is 24.0 Å². The Labute approximate surface area is 123 Å². The van der Waals surface area contributed by atoms with Crippen LogP contribution in [0.15, 0.2) is 24.3 Å². The summed E-state index contributed by atoms with van der Waals surface area (Å²) in [5.41, 5.74) is 6.25. The normalized spacial score (nSPS) is 10.0. The van der Waals surface area contributed by atoms with Gasteiger partial charge in [0.05, 0.1) is 5.56 Å². The van der Waals surface area contributed by atoms with E-state index in [1.165, 1.54) is 0 Å². The maximum Gasteiger partial charge on any atom is 0.260 e. The summed E-state index contributed by atoms with van der Waals surface area (Å²) < 4.78 is 5.50. The summed E-state index contributed by atoms with van der Waals surface area (Å²) in [6, 6.07) is 7.18. The van der Waals surface area contributed by atoms with E-state index in [0.29, 0.717) is 17.9 Å². The van der Waals surface area contributed by atoms with Crippen molar-refractivity contribution in [2.75, 3.05) is 32.2 Å². The molecule has 104 valence electrons. The molecule has 0 aromatic heterocycles. The number of ether oxygens (including phenoxy) is 1. The van der Waals surface area contributed by atoms with E-state index >= 15 is 0 Å². The first-order valence-electron chi connectivity index (χ1n) is 5.80. The van der Waals surface area contributed by atoms with Crippen LogP contribution < -0.4 is 10.5 Å². The molecule has 0 atom stereocenters. The van der Waals surface area contributed by atoms with Crippen molar-refractivity contribution in [1.29, 1.82) is 0 Å². The van der Waals surface area contributed by atoms with E-state index in [9.17, 15) is 4.79 Å². The number of carbonyl (C=O) groups is 1. The Balaban J connectivity index is 2.57. The summed E-state index contributed by atoms with van der Waals surface area (Å²) in [5.74, 6) is 1.39. The van der Waals surface area contributed by atoms with Crippen LogP contribution in [0, 0.1) is 0 Å². The van der Waals surface area contributed by atoms with Gasteiger partial charge >= 0.3 is 0 Å². The molecule has 4 nitrogen and oxygen atoms in total. The van der Waals surface area contributed by atoms with Crippen molar-refractivity contribution in [2.24, 2.45) is 5.73 Å². The lowest BCUT2D eigenvalue weighted by Crippen LogP contribution is -2.33. The van der Waals surface area contributed by atoms with E-state index in [4.69, 9.17) is 22.7 Å². The van der Waals surface area contributed by atoms with E-state index in [1.807, 2.05) is 18.4 Å². The molecule has 0 spiro atoms. The van der Waals surface area contributed by atoms with Gasteiger partial charge in [-0.15, -0.1) is 0 Å². The number of hydrogen-bond acceptors (Lipinski definition) is 4. The molecule has 0 unspecified atom stereocenters. The highest BCUT2D eigenvalue weighted by atomic mass is 32.2. The molecule has 0 saturated carbocycles. The Morgan fingerprint density at radius 1 is 1.47 bits per heavy atom. The quantitative estimate of drug-likeness (QED) is 0.774. The number of rotatable bonds is 7. The third-order valence-electron chi connectivity index (χ3n) is 2.56. The van der Waals surface area contributed by atoms with Gasteiger partial charge in [0, 0.05) is 19.3 Å². The van der Waals surface area contributed by atoms with Crippen molar-refractivity contribution in [3.05, 3.63) is 29.8 Å². The van der Waals surface area contributed by atoms with Crippen LogP contribution in [-0.2, 0) is 4.79 Å². The average Bonchev–Trinajstić information content (AvgIpc) is 2.42. The fourth-order valence-electron chi connectivity index (χ4n) is 1.40. The van der Waals surface area contributed by atoms with Crippen molar-refractivity contribution in [3.8, 4) is 5.75 Å². The van der Waals surface area contributed by atoms with Gasteiger partial charge in [-0.1, -0.05) is 24.4 Å². The van der Waals surface area contributed by atoms with Crippen LogP contribution in [0.4, 0.5) is 0 Å². The van der Waals surface area contributed by atoms with E-state index in [2.05, 4.69) is 0 Å². The van der Waals surface area contributed by atoms with Gasteiger partial charge in [0.2, 0.25) is 0 Å². The van der Waals surface area contributed by atoms with Crippen molar-refractivity contribution in [3.63, 3.8) is 0 Å². The van der Waals surface area contributed by atoms with Crippen molar-refractivity contribution in [1.82, 2.24) is 4.90 Å². The molecule has 0 aliphatic heterocycles. The van der Waals surface area contributed by atoms with Crippen LogP contribution in [0.25, 0.3) is 0 Å². The van der Waals surface area contributed by atoms with Gasteiger partial charge in [-0.3, -0.25) is 4.79 Å². The van der Waals surface area contributed by atoms with Crippen LogP contribution in [0.3, 0.4) is 0 Å². The van der Waals surface area contributed by atoms with E-state index < -0.39 is 0 Å². The maximum absolute atomic E-state index is 11.8. The minimum absolute atomic E-state index is 0.00942. The fourth-order valence-corrected chi connectivity index (χ4v) is 2.02. The first kappa shape index (κ1) is 15.8. The van der Waals surface area contributed by atoms with Gasteiger partial charge in [-0.25, -0.2) is 0 Å². The highest BCUT2D eigenvalue weighted by Crippen LogP contribution is 2.17. The molecule has 0 fully saturated rings. The molecule has 0 aliphatic rings. The molecule has 1 aromatic rings. The summed E-state index contributed by atoms with van der Waals surface area (Å²) >= 11 is 6.64. The van der Waals surface area contributed by atoms with Crippen molar-refractivity contribution in [2.45, 2.75) is 0 Å². The molecule has 1 rings (SSSR count). The van der Waals surface area contributed by atoms with Crippen LogP contribution in [-0.4, -0.2) is 48.0 Å². The number of nitrogens with two attached hydrogens (primary N) is 1. The lowest BCUT2D eigenvalue weighted by Gasteiger charge is -2.17. The zero-order valence-corrected chi connectivity index (χ0v) is 12.7. The number of likely N-dealkylation sites (N-methyl/N-ethyl adjacent to an activating group) is 1. The molecular formula is C13H18N2O2S2. The summed E-state index contributed by atoms with van der Waals surface area (Å²) in [7, 11) is 1.77. The molecular weight excluding hydrogens is 280 g/mol. The minimum atomic E-state index is -0.0632. The van der Waals surface area contributed by atoms with Crippen LogP contribution in [0.5, 0.6) is 5.75 Å². The molecule has 1 amide bonds. The largest absolute Gasteiger partial charge is 0.483 e. The summed E-state index contributed by atoms with van der Waals surface area (Å²) in [5, 5.41) is 0. The van der Waals surface area contributed by atoms with E-state index in [0.717, 1.165) is 5.75 Å². The highest BCUT2D eigenvalue weighted by Gasteiger charge is 2.11. The summed E-state index contributed by atoms with van der Waals surface area (Å²) in [4.78, 5) is 13.7. The smallest absolute Gasteiger partial charge is 0.260 e. The topological polar surface area (TPSA) is 55.6 Å². The van der Waals surface area contributed by atoms with Crippen molar-refractivity contribution >= 4 is 34.9 Å². The van der Waals surface area contributed by atoms with Gasteiger partial charge in [-0.2, -0.15) is 11.8 Å². The number of nitrogens with zero attached hydrogens (tertiary/aromatic N) is 1. The number of amides is 1. The Morgan fingerprint density at radius 2 is 2.16 bits per heavy atom. The average molecular weight is 298 g/mol. The molecule has 19 heavy (non-hydrogen) atoms. The minimum Gasteiger partial charge on any atom is -0.483 e. The van der Waals surface area contributed by atoms with Gasteiger partial charge in [0.15, 0.2) is 6.61 Å². The van der Waals surface area contributed by atoms with Gasteiger partial charge in [0.25, 0.3) is 5.91 Å². The number of thioether (sulfide) groups is 1. The molecule has 0 radical (unpaired) electrons. The summed E-state index contributed by atoms with van der Waals surface area (Å²) in [6.45, 7) is 0.699. The van der Waals surface area contributed by atoms with E-state index in [-0.39, 0.29) is 17.5 Å². The first-order valence-corrected chi connectivity index (χ1v) is 7.61. The molecule has 6 heteroatoms. The third kappa shape index (κ3) is 5.08. The number of para-hydroxylation sites is 1. The standard InChI is InChI=1S/C13H18N2O2S2/c1-15(7-8-19-2)12(16)9-17-11-6-4-3-5-10(11)13(14)18/h3-6H,7-9H2,1-2H3,(H2,14,18). The van der Waals surface area contributed by atoms with Gasteiger partial charge in [0.1, 0.15) is 10.7 Å². The Hall–Kier alpha value is -1.27. The highest BCUT2D eigenvalue weighted by molar-refractivity contribution is 7.98. The number of benzene rings is 1. The molecule has 1 aromatic carbocycles. The lowest BCUT2D eigenvalue weighted by atomic mass is 10.2. The SMILES string of the molecule is CSCCN(C)C(=O)COc1ccccc1C(N)=S. The van der Waals surface area contributed by atoms with E-state index in [1.54, 1.807) is 35.8 Å². The molecule has 2 N–H and O–H groups in total. The predicted octanol–water partition coefficient (Wildman–Crippen LogP) is 1.52. The number of carbonyl (C=O) groups excluding carboxylic acids is 1. The molecule has 0 saturated heterocycles. The second-order valence-corrected chi connectivity index (χ2v) is 5.38. The maximum atomic E-state index is 11.8. The Bertz CT molecular complexity index is 452. The number of hydrogen-bond donors (Lipinski definition) is 1. The van der Waals surface area contributed by atoms with Crippen LogP contribution in [0.2, 0.25) is 0 Å². The van der Waals surface area contributed by atoms with Gasteiger partial charge < -0.3 is 15.4 Å². The monoisotopic (exact) mass is 298 g/mol. The summed E-state index contributed by atoms with van der Waals surface area (Å²) in [6.07, 6.45) is 2.01. The fraction of sp³-hybridized carbons (Fsp3) is 0.385. The Morgan fingerprint density at radius 3 is 2.79 bits per heavy atom. The number of thiocarbonyl (C=S) groups is 1.